The number of piperidine rings is 1. The van der Waals surface area contributed by atoms with Crippen molar-refractivity contribution in [3.05, 3.63) is 34.6 Å². The summed E-state index contributed by atoms with van der Waals surface area (Å²) in [5.41, 5.74) is 0.812. The molecule has 0 bridgehead atoms. The van der Waals surface area contributed by atoms with Gasteiger partial charge in [-0.05, 0) is 45.7 Å². The summed E-state index contributed by atoms with van der Waals surface area (Å²) in [5.74, 6) is -0.225. The molecule has 2 rings (SSSR count). The quantitative estimate of drug-likeness (QED) is 0.912. The van der Waals surface area contributed by atoms with Gasteiger partial charge in [0.05, 0.1) is 0 Å². The Labute approximate surface area is 126 Å². The Morgan fingerprint density at radius 3 is 2.50 bits per heavy atom. The Hall–Kier alpha value is -0.640. The zero-order valence-corrected chi connectivity index (χ0v) is 13.3. The van der Waals surface area contributed by atoms with E-state index in [1.165, 1.54) is 6.07 Å². The zero-order valence-electron chi connectivity index (χ0n) is 12.5. The third-order valence-electron chi connectivity index (χ3n) is 4.07. The van der Waals surface area contributed by atoms with E-state index in [1.54, 1.807) is 12.1 Å². The van der Waals surface area contributed by atoms with E-state index in [-0.39, 0.29) is 11.4 Å². The fourth-order valence-corrected chi connectivity index (χ4v) is 2.93. The summed E-state index contributed by atoms with van der Waals surface area (Å²) in [6.45, 7) is 9.43. The Kier molecular flexibility index (Phi) is 5.05. The average molecular weight is 299 g/mol. The average Bonchev–Trinajstić information content (AvgIpc) is 2.37. The number of nitrogens with one attached hydrogen (secondary N) is 1. The van der Waals surface area contributed by atoms with E-state index in [9.17, 15) is 4.39 Å². The summed E-state index contributed by atoms with van der Waals surface area (Å²) < 4.78 is 13.7. The molecule has 0 radical (unpaired) electrons. The van der Waals surface area contributed by atoms with Crippen LogP contribution in [0.4, 0.5) is 4.39 Å². The minimum Gasteiger partial charge on any atom is -0.310 e. The van der Waals surface area contributed by atoms with Gasteiger partial charge in [0, 0.05) is 41.8 Å². The maximum absolute atomic E-state index is 13.7. The molecule has 1 aromatic carbocycles. The van der Waals surface area contributed by atoms with E-state index in [0.717, 1.165) is 25.9 Å². The molecule has 112 valence electrons. The number of halogens is 2. The van der Waals surface area contributed by atoms with Crippen LogP contribution in [0.25, 0.3) is 0 Å². The van der Waals surface area contributed by atoms with E-state index < -0.39 is 0 Å². The Balaban J connectivity index is 1.85. The summed E-state index contributed by atoms with van der Waals surface area (Å²) in [5, 5.41) is 3.94. The van der Waals surface area contributed by atoms with E-state index in [0.29, 0.717) is 23.2 Å². The summed E-state index contributed by atoms with van der Waals surface area (Å²) in [4.78, 5) is 2.50. The molecule has 4 heteroatoms. The minimum atomic E-state index is -0.225. The van der Waals surface area contributed by atoms with E-state index >= 15 is 0 Å². The summed E-state index contributed by atoms with van der Waals surface area (Å²) >= 11 is 6.04. The van der Waals surface area contributed by atoms with Crippen molar-refractivity contribution in [1.29, 1.82) is 0 Å². The molecular formula is C16H24ClFN2. The van der Waals surface area contributed by atoms with Gasteiger partial charge < -0.3 is 5.32 Å². The van der Waals surface area contributed by atoms with Crippen LogP contribution < -0.4 is 5.32 Å². The second-order valence-electron chi connectivity index (χ2n) is 6.51. The van der Waals surface area contributed by atoms with Crippen molar-refractivity contribution in [2.75, 3.05) is 13.1 Å². The van der Waals surface area contributed by atoms with Gasteiger partial charge in [-0.25, -0.2) is 4.39 Å². The highest BCUT2D eigenvalue weighted by atomic mass is 35.5. The molecule has 1 aliphatic rings. The molecule has 0 atom stereocenters. The number of benzene rings is 1. The van der Waals surface area contributed by atoms with Crippen LogP contribution in [0.15, 0.2) is 18.2 Å². The third kappa shape index (κ3) is 3.94. The van der Waals surface area contributed by atoms with Crippen molar-refractivity contribution in [2.45, 2.75) is 51.7 Å². The van der Waals surface area contributed by atoms with Gasteiger partial charge in [0.25, 0.3) is 0 Å². The van der Waals surface area contributed by atoms with Crippen LogP contribution in [0.1, 0.15) is 39.2 Å². The lowest BCUT2D eigenvalue weighted by Gasteiger charge is -2.41. The molecule has 1 heterocycles. The van der Waals surface area contributed by atoms with E-state index in [2.05, 4.69) is 31.0 Å². The van der Waals surface area contributed by atoms with Gasteiger partial charge in [0.2, 0.25) is 0 Å². The van der Waals surface area contributed by atoms with Crippen LogP contribution in [0.3, 0.4) is 0 Å². The normalized spacial score (nSPS) is 18.4. The predicted octanol–water partition coefficient (Wildman–Crippen LogP) is 3.83. The van der Waals surface area contributed by atoms with Crippen LogP contribution in [0.5, 0.6) is 0 Å². The van der Waals surface area contributed by atoms with Gasteiger partial charge in [0.1, 0.15) is 5.82 Å². The largest absolute Gasteiger partial charge is 0.310 e. The van der Waals surface area contributed by atoms with Gasteiger partial charge in [-0.15, -0.1) is 0 Å². The molecule has 1 aromatic rings. The van der Waals surface area contributed by atoms with Gasteiger partial charge in [-0.2, -0.15) is 0 Å². The molecule has 1 saturated heterocycles. The standard InChI is InChI=1S/C16H24ClFN2/c1-16(2,3)20-9-7-12(8-10-20)19-11-13-14(17)5-4-6-15(13)18/h4-6,12,19H,7-11H2,1-3H3. The van der Waals surface area contributed by atoms with Crippen molar-refractivity contribution in [3.63, 3.8) is 0 Å². The first-order valence-corrected chi connectivity index (χ1v) is 7.67. The maximum atomic E-state index is 13.7. The monoisotopic (exact) mass is 298 g/mol. The molecule has 0 saturated carbocycles. The lowest BCUT2D eigenvalue weighted by Crippen LogP contribution is -2.49. The van der Waals surface area contributed by atoms with Crippen LogP contribution in [-0.2, 0) is 6.54 Å². The number of nitrogens with zero attached hydrogens (tertiary/aromatic N) is 1. The Morgan fingerprint density at radius 2 is 1.95 bits per heavy atom. The molecule has 0 spiro atoms. The van der Waals surface area contributed by atoms with Crippen molar-refractivity contribution in [2.24, 2.45) is 0 Å². The first-order valence-electron chi connectivity index (χ1n) is 7.29. The molecule has 0 amide bonds. The number of hydrogen-bond donors (Lipinski definition) is 1. The first kappa shape index (κ1) is 15.7. The molecule has 0 aromatic heterocycles. The van der Waals surface area contributed by atoms with Crippen molar-refractivity contribution < 1.29 is 4.39 Å². The number of rotatable bonds is 3. The minimum absolute atomic E-state index is 0.225. The second-order valence-corrected chi connectivity index (χ2v) is 6.92. The molecule has 2 nitrogen and oxygen atoms in total. The lowest BCUT2D eigenvalue weighted by atomic mass is 9.98. The fraction of sp³-hybridized carbons (Fsp3) is 0.625. The molecular weight excluding hydrogens is 275 g/mol. The molecule has 1 fully saturated rings. The molecule has 0 unspecified atom stereocenters. The highest BCUT2D eigenvalue weighted by molar-refractivity contribution is 6.31. The van der Waals surface area contributed by atoms with E-state index in [1.807, 2.05) is 0 Å². The van der Waals surface area contributed by atoms with Crippen molar-refractivity contribution in [1.82, 2.24) is 10.2 Å². The molecule has 1 N–H and O–H groups in total. The molecule has 1 aliphatic heterocycles. The summed E-state index contributed by atoms with van der Waals surface area (Å²) in [7, 11) is 0. The van der Waals surface area contributed by atoms with Gasteiger partial charge in [-0.1, -0.05) is 17.7 Å². The summed E-state index contributed by atoms with van der Waals surface area (Å²) in [6.07, 6.45) is 2.20. The van der Waals surface area contributed by atoms with Crippen LogP contribution in [0, 0.1) is 5.82 Å². The molecule has 0 aliphatic carbocycles. The third-order valence-corrected chi connectivity index (χ3v) is 4.43. The Bertz CT molecular complexity index is 428. The van der Waals surface area contributed by atoms with Crippen LogP contribution in [-0.4, -0.2) is 29.6 Å². The maximum Gasteiger partial charge on any atom is 0.129 e. The topological polar surface area (TPSA) is 15.3 Å². The zero-order chi connectivity index (χ0) is 14.8. The molecule has 20 heavy (non-hydrogen) atoms. The van der Waals surface area contributed by atoms with Gasteiger partial charge in [0.15, 0.2) is 0 Å². The fourth-order valence-electron chi connectivity index (χ4n) is 2.70. The first-order chi connectivity index (χ1) is 9.38. The van der Waals surface area contributed by atoms with Gasteiger partial charge in [-0.3, -0.25) is 4.90 Å². The van der Waals surface area contributed by atoms with E-state index in [4.69, 9.17) is 11.6 Å². The number of hydrogen-bond acceptors (Lipinski definition) is 2. The summed E-state index contributed by atoms with van der Waals surface area (Å²) in [6, 6.07) is 5.29. The lowest BCUT2D eigenvalue weighted by molar-refractivity contribution is 0.0960. The highest BCUT2D eigenvalue weighted by Gasteiger charge is 2.26. The smallest absolute Gasteiger partial charge is 0.129 e. The van der Waals surface area contributed by atoms with Crippen molar-refractivity contribution >= 4 is 11.6 Å². The van der Waals surface area contributed by atoms with Crippen LogP contribution >= 0.6 is 11.6 Å². The number of likely N-dealkylation sites (tertiary alicyclic amines) is 1. The SMILES string of the molecule is CC(C)(C)N1CCC(NCc2c(F)cccc2Cl)CC1. The van der Waals surface area contributed by atoms with Gasteiger partial charge >= 0.3 is 0 Å². The van der Waals surface area contributed by atoms with Crippen molar-refractivity contribution in [3.8, 4) is 0 Å². The Morgan fingerprint density at radius 1 is 1.30 bits per heavy atom. The highest BCUT2D eigenvalue weighted by Crippen LogP contribution is 2.22. The second kappa shape index (κ2) is 6.42. The van der Waals surface area contributed by atoms with Crippen LogP contribution in [0.2, 0.25) is 5.02 Å². The predicted molar refractivity (Wildman–Crippen MR) is 82.6 cm³/mol.